The van der Waals surface area contributed by atoms with Crippen LogP contribution < -0.4 is 4.74 Å². The van der Waals surface area contributed by atoms with E-state index in [2.05, 4.69) is 4.98 Å². The molecule has 18 heavy (non-hydrogen) atoms. The van der Waals surface area contributed by atoms with Gasteiger partial charge >= 0.3 is 0 Å². The lowest BCUT2D eigenvalue weighted by molar-refractivity contribution is 0.103. The second-order valence-corrected chi connectivity index (χ2v) is 3.87. The first-order valence-electron chi connectivity index (χ1n) is 5.43. The lowest BCUT2D eigenvalue weighted by Gasteiger charge is -2.07. The molecule has 0 atom stereocenters. The van der Waals surface area contributed by atoms with Gasteiger partial charge in [-0.25, -0.2) is 9.37 Å². The zero-order valence-corrected chi connectivity index (χ0v) is 10.1. The van der Waals surface area contributed by atoms with Crippen molar-refractivity contribution in [3.05, 3.63) is 59.0 Å². The quantitative estimate of drug-likeness (QED) is 0.780. The highest BCUT2D eigenvalue weighted by atomic mass is 19.1. The Hall–Kier alpha value is -2.23. The van der Waals surface area contributed by atoms with Crippen LogP contribution >= 0.6 is 0 Å². The minimum absolute atomic E-state index is 0.0290. The number of carbonyl (C=O) groups is 1. The summed E-state index contributed by atoms with van der Waals surface area (Å²) in [5, 5.41) is 0. The van der Waals surface area contributed by atoms with E-state index in [4.69, 9.17) is 4.74 Å². The van der Waals surface area contributed by atoms with Crippen LogP contribution in [0.2, 0.25) is 0 Å². The van der Waals surface area contributed by atoms with Gasteiger partial charge in [0.15, 0.2) is 0 Å². The first-order valence-corrected chi connectivity index (χ1v) is 5.43. The fourth-order valence-electron chi connectivity index (χ4n) is 1.68. The highest BCUT2D eigenvalue weighted by molar-refractivity contribution is 6.10. The van der Waals surface area contributed by atoms with Gasteiger partial charge in [0.2, 0.25) is 11.7 Å². The summed E-state index contributed by atoms with van der Waals surface area (Å²) in [7, 11) is 1.42. The van der Waals surface area contributed by atoms with Gasteiger partial charge in [0.05, 0.1) is 18.2 Å². The third kappa shape index (κ3) is 2.22. The van der Waals surface area contributed by atoms with Crippen molar-refractivity contribution in [3.8, 4) is 5.88 Å². The Morgan fingerprint density at radius 2 is 2.06 bits per heavy atom. The number of carbonyl (C=O) groups excluding carboxylic acids is 1. The predicted octanol–water partition coefficient (Wildman–Crippen LogP) is 2.77. The van der Waals surface area contributed by atoms with Gasteiger partial charge in [-0.3, -0.25) is 4.79 Å². The minimum Gasteiger partial charge on any atom is -0.480 e. The molecule has 2 rings (SSSR count). The van der Waals surface area contributed by atoms with Gasteiger partial charge in [-0.1, -0.05) is 11.6 Å². The summed E-state index contributed by atoms with van der Waals surface area (Å²) in [5.41, 5.74) is 1.11. The summed E-state index contributed by atoms with van der Waals surface area (Å²) in [6.45, 7) is 1.80. The molecule has 4 heteroatoms. The molecule has 0 saturated carbocycles. The molecule has 0 radical (unpaired) electrons. The van der Waals surface area contributed by atoms with Crippen molar-refractivity contribution in [1.29, 1.82) is 0 Å². The van der Waals surface area contributed by atoms with E-state index in [1.165, 1.54) is 25.4 Å². The van der Waals surface area contributed by atoms with Crippen LogP contribution in [0.1, 0.15) is 21.5 Å². The number of nitrogens with zero attached hydrogens (tertiary/aromatic N) is 1. The van der Waals surface area contributed by atoms with Crippen LogP contribution in [0.5, 0.6) is 5.88 Å². The molecule has 2 aromatic rings. The summed E-state index contributed by atoms with van der Waals surface area (Å²) in [4.78, 5) is 16.2. The number of aryl methyl sites for hydroxylation is 1. The van der Waals surface area contributed by atoms with E-state index in [9.17, 15) is 9.18 Å². The lowest BCUT2D eigenvalue weighted by Crippen LogP contribution is -2.07. The van der Waals surface area contributed by atoms with Crippen LogP contribution in [0.4, 0.5) is 4.39 Å². The molecule has 0 N–H and O–H groups in total. The van der Waals surface area contributed by atoms with Crippen molar-refractivity contribution >= 4 is 5.78 Å². The topological polar surface area (TPSA) is 39.2 Å². The molecule has 0 saturated heterocycles. The maximum atomic E-state index is 13.7. The number of methoxy groups -OCH3 is 1. The van der Waals surface area contributed by atoms with E-state index in [-0.39, 0.29) is 17.0 Å². The number of hydrogen-bond donors (Lipinski definition) is 0. The van der Waals surface area contributed by atoms with E-state index >= 15 is 0 Å². The summed E-state index contributed by atoms with van der Waals surface area (Å²) in [6, 6.07) is 7.60. The van der Waals surface area contributed by atoms with E-state index in [0.717, 1.165) is 5.56 Å². The van der Waals surface area contributed by atoms with Crippen molar-refractivity contribution in [2.24, 2.45) is 0 Å². The molecule has 0 unspecified atom stereocenters. The summed E-state index contributed by atoms with van der Waals surface area (Å²) < 4.78 is 18.7. The molecule has 0 aliphatic rings. The zero-order chi connectivity index (χ0) is 13.1. The lowest BCUT2D eigenvalue weighted by atomic mass is 10.0. The smallest absolute Gasteiger partial charge is 0.224 e. The van der Waals surface area contributed by atoms with Gasteiger partial charge < -0.3 is 4.74 Å². The molecule has 1 heterocycles. The van der Waals surface area contributed by atoms with Gasteiger partial charge in [0, 0.05) is 6.20 Å². The van der Waals surface area contributed by atoms with Crippen molar-refractivity contribution in [1.82, 2.24) is 4.98 Å². The molecule has 0 aliphatic heterocycles. The van der Waals surface area contributed by atoms with Crippen LogP contribution in [0.25, 0.3) is 0 Å². The van der Waals surface area contributed by atoms with Crippen LogP contribution in [0.3, 0.4) is 0 Å². The largest absolute Gasteiger partial charge is 0.480 e. The molecule has 0 fully saturated rings. The molecular formula is C14H12FNO2. The van der Waals surface area contributed by atoms with Crippen molar-refractivity contribution < 1.29 is 13.9 Å². The Labute approximate surface area is 104 Å². The van der Waals surface area contributed by atoms with Crippen LogP contribution in [0, 0.1) is 12.7 Å². The Kier molecular flexibility index (Phi) is 3.37. The number of halogens is 1. The van der Waals surface area contributed by atoms with Crippen molar-refractivity contribution in [3.63, 3.8) is 0 Å². The fourth-order valence-corrected chi connectivity index (χ4v) is 1.68. The minimum atomic E-state index is -0.545. The van der Waals surface area contributed by atoms with Gasteiger partial charge in [-0.15, -0.1) is 0 Å². The maximum absolute atomic E-state index is 13.7. The van der Waals surface area contributed by atoms with Gasteiger partial charge in [0.1, 0.15) is 5.82 Å². The zero-order valence-electron chi connectivity index (χ0n) is 10.1. The summed E-state index contributed by atoms with van der Waals surface area (Å²) in [5.74, 6) is -0.777. The maximum Gasteiger partial charge on any atom is 0.224 e. The highest BCUT2D eigenvalue weighted by Gasteiger charge is 2.18. The average molecular weight is 245 g/mol. The predicted molar refractivity (Wildman–Crippen MR) is 65.4 cm³/mol. The van der Waals surface area contributed by atoms with E-state index in [1.54, 1.807) is 25.1 Å². The SMILES string of the molecule is COc1ncccc1C(=O)c1cc(C)ccc1F. The number of benzene rings is 1. The molecule has 0 aliphatic carbocycles. The Bertz CT molecular complexity index is 596. The Morgan fingerprint density at radius 3 is 2.78 bits per heavy atom. The second kappa shape index (κ2) is 4.96. The fraction of sp³-hybridized carbons (Fsp3) is 0.143. The van der Waals surface area contributed by atoms with Crippen LogP contribution in [-0.4, -0.2) is 17.9 Å². The molecule has 0 spiro atoms. The highest BCUT2D eigenvalue weighted by Crippen LogP contribution is 2.20. The van der Waals surface area contributed by atoms with Gasteiger partial charge in [-0.05, 0) is 31.2 Å². The molecular weight excluding hydrogens is 233 g/mol. The molecule has 0 bridgehead atoms. The van der Waals surface area contributed by atoms with Crippen LogP contribution in [0.15, 0.2) is 36.5 Å². The van der Waals surface area contributed by atoms with Crippen molar-refractivity contribution in [2.75, 3.05) is 7.11 Å². The third-order valence-electron chi connectivity index (χ3n) is 2.58. The standard InChI is InChI=1S/C14H12FNO2/c1-9-5-6-12(15)11(8-9)13(17)10-4-3-7-16-14(10)18-2/h3-8H,1-2H3. The molecule has 3 nitrogen and oxygen atoms in total. The first kappa shape index (κ1) is 12.2. The van der Waals surface area contributed by atoms with E-state index < -0.39 is 11.6 Å². The Morgan fingerprint density at radius 1 is 1.28 bits per heavy atom. The summed E-state index contributed by atoms with van der Waals surface area (Å²) in [6.07, 6.45) is 1.52. The van der Waals surface area contributed by atoms with Gasteiger partial charge in [0.25, 0.3) is 0 Å². The number of rotatable bonds is 3. The molecule has 1 aromatic heterocycles. The number of hydrogen-bond acceptors (Lipinski definition) is 3. The van der Waals surface area contributed by atoms with Crippen LogP contribution in [-0.2, 0) is 0 Å². The first-order chi connectivity index (χ1) is 8.63. The number of ketones is 1. The third-order valence-corrected chi connectivity index (χ3v) is 2.58. The normalized spacial score (nSPS) is 10.2. The molecule has 1 aromatic carbocycles. The van der Waals surface area contributed by atoms with E-state index in [0.29, 0.717) is 0 Å². The number of aromatic nitrogens is 1. The Balaban J connectivity index is 2.51. The number of ether oxygens (including phenoxy) is 1. The van der Waals surface area contributed by atoms with Crippen molar-refractivity contribution in [2.45, 2.75) is 6.92 Å². The van der Waals surface area contributed by atoms with E-state index in [1.807, 2.05) is 0 Å². The molecule has 92 valence electrons. The second-order valence-electron chi connectivity index (χ2n) is 3.87. The number of pyridine rings is 1. The monoisotopic (exact) mass is 245 g/mol. The average Bonchev–Trinajstić information content (AvgIpc) is 2.40. The van der Waals surface area contributed by atoms with Gasteiger partial charge in [-0.2, -0.15) is 0 Å². The molecule has 0 amide bonds. The summed E-state index contributed by atoms with van der Waals surface area (Å²) >= 11 is 0.